The van der Waals surface area contributed by atoms with Gasteiger partial charge in [0, 0.05) is 19.8 Å². The van der Waals surface area contributed by atoms with Crippen LogP contribution in [0.25, 0.3) is 0 Å². The molecule has 1 heterocycles. The zero-order valence-corrected chi connectivity index (χ0v) is 11.7. The minimum absolute atomic E-state index is 0.0342. The third-order valence-corrected chi connectivity index (χ3v) is 3.21. The molecule has 0 radical (unpaired) electrons. The van der Waals surface area contributed by atoms with Gasteiger partial charge in [-0.05, 0) is 25.7 Å². The topological polar surface area (TPSA) is 58.6 Å². The van der Waals surface area contributed by atoms with E-state index in [0.717, 1.165) is 6.42 Å². The van der Waals surface area contributed by atoms with Crippen molar-refractivity contribution in [2.75, 3.05) is 20.3 Å². The normalized spacial score (nSPS) is 22.3. The Morgan fingerprint density at radius 3 is 2.61 bits per heavy atom. The number of rotatable bonds is 6. The first-order valence-corrected chi connectivity index (χ1v) is 6.54. The van der Waals surface area contributed by atoms with E-state index < -0.39 is 0 Å². The van der Waals surface area contributed by atoms with Crippen molar-refractivity contribution in [2.45, 2.75) is 45.7 Å². The molecule has 0 bridgehead atoms. The molecule has 2 amide bonds. The van der Waals surface area contributed by atoms with Gasteiger partial charge in [-0.2, -0.15) is 0 Å². The summed E-state index contributed by atoms with van der Waals surface area (Å²) in [7, 11) is 1.64. The van der Waals surface area contributed by atoms with Crippen molar-refractivity contribution < 1.29 is 14.3 Å². The largest absolute Gasteiger partial charge is 0.385 e. The van der Waals surface area contributed by atoms with Gasteiger partial charge in [-0.25, -0.2) is 0 Å². The molecule has 1 N–H and O–H groups in total. The third-order valence-electron chi connectivity index (χ3n) is 3.21. The number of amides is 2. The second-order valence-electron chi connectivity index (χ2n) is 5.35. The lowest BCUT2D eigenvalue weighted by molar-refractivity contribution is -0.147. The zero-order valence-electron chi connectivity index (χ0n) is 11.7. The lowest BCUT2D eigenvalue weighted by Crippen LogP contribution is -2.60. The lowest BCUT2D eigenvalue weighted by atomic mass is 9.99. The Labute approximate surface area is 109 Å². The fraction of sp³-hybridized carbons (Fsp3) is 0.846. The van der Waals surface area contributed by atoms with E-state index in [1.165, 1.54) is 0 Å². The Morgan fingerprint density at radius 1 is 1.39 bits per heavy atom. The number of carbonyl (C=O) groups excluding carboxylic acids is 2. The zero-order chi connectivity index (χ0) is 13.7. The quantitative estimate of drug-likeness (QED) is 0.764. The first kappa shape index (κ1) is 15.0. The maximum atomic E-state index is 12.3. The van der Waals surface area contributed by atoms with Gasteiger partial charge in [-0.15, -0.1) is 0 Å². The van der Waals surface area contributed by atoms with E-state index >= 15 is 0 Å². The van der Waals surface area contributed by atoms with Crippen LogP contribution in [0.5, 0.6) is 0 Å². The number of ether oxygens (including phenoxy) is 1. The molecular weight excluding hydrogens is 232 g/mol. The fourth-order valence-electron chi connectivity index (χ4n) is 2.18. The Morgan fingerprint density at radius 2 is 2.06 bits per heavy atom. The summed E-state index contributed by atoms with van der Waals surface area (Å²) >= 11 is 0. The Hall–Kier alpha value is -1.10. The number of hydrogen-bond donors (Lipinski definition) is 1. The number of piperazine rings is 1. The predicted molar refractivity (Wildman–Crippen MR) is 69.1 cm³/mol. The fourth-order valence-corrected chi connectivity index (χ4v) is 2.18. The van der Waals surface area contributed by atoms with Gasteiger partial charge < -0.3 is 15.0 Å². The SMILES string of the molecule is COCCC(C)N1CC(=O)NC(CC(C)C)C1=O. The van der Waals surface area contributed by atoms with Crippen molar-refractivity contribution in [3.8, 4) is 0 Å². The van der Waals surface area contributed by atoms with Crippen LogP contribution in [-0.2, 0) is 14.3 Å². The van der Waals surface area contributed by atoms with Crippen LogP contribution in [0.2, 0.25) is 0 Å². The molecule has 0 aromatic rings. The minimum Gasteiger partial charge on any atom is -0.385 e. The molecule has 5 heteroatoms. The summed E-state index contributed by atoms with van der Waals surface area (Å²) in [6.07, 6.45) is 1.45. The van der Waals surface area contributed by atoms with Gasteiger partial charge in [0.1, 0.15) is 6.04 Å². The molecule has 1 rings (SSSR count). The molecule has 0 aromatic carbocycles. The summed E-state index contributed by atoms with van der Waals surface area (Å²) in [5, 5.41) is 2.78. The third kappa shape index (κ3) is 3.98. The average Bonchev–Trinajstić information content (AvgIpc) is 2.29. The van der Waals surface area contributed by atoms with Gasteiger partial charge in [-0.1, -0.05) is 13.8 Å². The van der Waals surface area contributed by atoms with Crippen LogP contribution < -0.4 is 5.32 Å². The van der Waals surface area contributed by atoms with Crippen molar-refractivity contribution in [1.82, 2.24) is 10.2 Å². The lowest BCUT2D eigenvalue weighted by Gasteiger charge is -2.37. The molecule has 104 valence electrons. The number of methoxy groups -OCH3 is 1. The van der Waals surface area contributed by atoms with Gasteiger partial charge in [0.15, 0.2) is 0 Å². The molecule has 18 heavy (non-hydrogen) atoms. The molecule has 0 spiro atoms. The molecule has 1 aliphatic heterocycles. The molecule has 5 nitrogen and oxygen atoms in total. The summed E-state index contributed by atoms with van der Waals surface area (Å²) < 4.78 is 5.02. The number of nitrogens with one attached hydrogen (secondary N) is 1. The molecule has 1 fully saturated rings. The van der Waals surface area contributed by atoms with Crippen molar-refractivity contribution in [2.24, 2.45) is 5.92 Å². The molecule has 1 aliphatic rings. The standard InChI is InChI=1S/C13H24N2O3/c1-9(2)7-11-13(17)15(8-12(16)14-11)10(3)5-6-18-4/h9-11H,5-8H2,1-4H3,(H,14,16). The van der Waals surface area contributed by atoms with Crippen LogP contribution >= 0.6 is 0 Å². The highest BCUT2D eigenvalue weighted by atomic mass is 16.5. The second kappa shape index (κ2) is 6.73. The molecule has 2 atom stereocenters. The summed E-state index contributed by atoms with van der Waals surface area (Å²) in [6.45, 7) is 6.82. The van der Waals surface area contributed by atoms with Crippen LogP contribution in [0.1, 0.15) is 33.6 Å². The molecule has 0 aliphatic carbocycles. The van der Waals surface area contributed by atoms with Crippen LogP contribution in [-0.4, -0.2) is 49.1 Å². The molecule has 1 saturated heterocycles. The molecule has 0 aromatic heterocycles. The Kier molecular flexibility index (Phi) is 5.59. The Balaban J connectivity index is 2.66. The Bertz CT molecular complexity index is 305. The maximum Gasteiger partial charge on any atom is 0.245 e. The van der Waals surface area contributed by atoms with Crippen LogP contribution in [0.4, 0.5) is 0 Å². The summed E-state index contributed by atoms with van der Waals surface area (Å²) in [4.78, 5) is 25.6. The van der Waals surface area contributed by atoms with Crippen LogP contribution in [0, 0.1) is 5.92 Å². The maximum absolute atomic E-state index is 12.3. The smallest absolute Gasteiger partial charge is 0.245 e. The van der Waals surface area contributed by atoms with Gasteiger partial charge in [0.05, 0.1) is 6.54 Å². The molecular formula is C13H24N2O3. The summed E-state index contributed by atoms with van der Waals surface area (Å²) in [5.74, 6) is 0.352. The predicted octanol–water partition coefficient (Wildman–Crippen LogP) is 0.784. The molecule has 2 unspecified atom stereocenters. The summed E-state index contributed by atoms with van der Waals surface area (Å²) in [6, 6.07) is -0.325. The summed E-state index contributed by atoms with van der Waals surface area (Å²) in [5.41, 5.74) is 0. The van der Waals surface area contributed by atoms with Gasteiger partial charge in [0.25, 0.3) is 0 Å². The highest BCUT2D eigenvalue weighted by Gasteiger charge is 2.35. The van der Waals surface area contributed by atoms with E-state index in [2.05, 4.69) is 5.32 Å². The molecule has 0 saturated carbocycles. The highest BCUT2D eigenvalue weighted by Crippen LogP contribution is 2.15. The highest BCUT2D eigenvalue weighted by molar-refractivity contribution is 5.95. The van der Waals surface area contributed by atoms with Crippen molar-refractivity contribution in [1.29, 1.82) is 0 Å². The van der Waals surface area contributed by atoms with Crippen LogP contribution in [0.15, 0.2) is 0 Å². The van der Waals surface area contributed by atoms with E-state index in [4.69, 9.17) is 4.74 Å². The van der Waals surface area contributed by atoms with E-state index in [-0.39, 0.29) is 30.4 Å². The number of nitrogens with zero attached hydrogens (tertiary/aromatic N) is 1. The van der Waals surface area contributed by atoms with Gasteiger partial charge in [0.2, 0.25) is 11.8 Å². The van der Waals surface area contributed by atoms with E-state index in [1.54, 1.807) is 12.0 Å². The first-order chi connectivity index (χ1) is 8.45. The van der Waals surface area contributed by atoms with Crippen molar-refractivity contribution in [3.63, 3.8) is 0 Å². The van der Waals surface area contributed by atoms with Crippen molar-refractivity contribution in [3.05, 3.63) is 0 Å². The van der Waals surface area contributed by atoms with E-state index in [0.29, 0.717) is 18.9 Å². The monoisotopic (exact) mass is 256 g/mol. The second-order valence-corrected chi connectivity index (χ2v) is 5.35. The van der Waals surface area contributed by atoms with E-state index in [9.17, 15) is 9.59 Å². The average molecular weight is 256 g/mol. The van der Waals surface area contributed by atoms with E-state index in [1.807, 2.05) is 20.8 Å². The van der Waals surface area contributed by atoms with Gasteiger partial charge in [-0.3, -0.25) is 9.59 Å². The first-order valence-electron chi connectivity index (χ1n) is 6.54. The van der Waals surface area contributed by atoms with Crippen LogP contribution in [0.3, 0.4) is 0 Å². The number of hydrogen-bond acceptors (Lipinski definition) is 3. The van der Waals surface area contributed by atoms with Gasteiger partial charge >= 0.3 is 0 Å². The van der Waals surface area contributed by atoms with Crippen molar-refractivity contribution >= 4 is 11.8 Å². The number of carbonyl (C=O) groups is 2. The minimum atomic E-state index is -0.365.